The molecule has 14 heavy (non-hydrogen) atoms. The first-order chi connectivity index (χ1) is 6.56. The zero-order valence-corrected chi connectivity index (χ0v) is 8.00. The van der Waals surface area contributed by atoms with E-state index in [1.807, 2.05) is 0 Å². The molecule has 0 amide bonds. The average Bonchev–Trinajstić information content (AvgIpc) is 2.11. The van der Waals surface area contributed by atoms with Gasteiger partial charge in [-0.15, -0.1) is 0 Å². The van der Waals surface area contributed by atoms with E-state index in [1.165, 1.54) is 6.07 Å². The highest BCUT2D eigenvalue weighted by molar-refractivity contribution is 5.39. The number of hydrogen-bond acceptors (Lipinski definition) is 3. The first-order valence-corrected chi connectivity index (χ1v) is 4.41. The first kappa shape index (κ1) is 10.9. The van der Waals surface area contributed by atoms with Crippen molar-refractivity contribution in [2.24, 2.45) is 5.73 Å². The van der Waals surface area contributed by atoms with E-state index in [0.717, 1.165) is 0 Å². The van der Waals surface area contributed by atoms with Crippen LogP contribution in [-0.4, -0.2) is 16.8 Å². The fourth-order valence-corrected chi connectivity index (χ4v) is 1.34. The monoisotopic (exact) mass is 199 g/mol. The highest BCUT2D eigenvalue weighted by atomic mass is 19.1. The lowest BCUT2D eigenvalue weighted by Crippen LogP contribution is -2.12. The van der Waals surface area contributed by atoms with E-state index < -0.39 is 17.6 Å². The van der Waals surface area contributed by atoms with Crippen LogP contribution in [0.4, 0.5) is 4.39 Å². The van der Waals surface area contributed by atoms with Crippen LogP contribution in [0.25, 0.3) is 0 Å². The van der Waals surface area contributed by atoms with Crippen molar-refractivity contribution in [2.75, 3.05) is 6.61 Å². The number of nitrogens with two attached hydrogens (primary N) is 1. The molecule has 1 aromatic carbocycles. The summed E-state index contributed by atoms with van der Waals surface area (Å²) in [5.74, 6) is -1.09. The molecule has 4 heteroatoms. The third-order valence-corrected chi connectivity index (χ3v) is 2.08. The van der Waals surface area contributed by atoms with E-state index >= 15 is 0 Å². The lowest BCUT2D eigenvalue weighted by molar-refractivity contribution is 0.275. The van der Waals surface area contributed by atoms with Gasteiger partial charge in [0.05, 0.1) is 0 Å². The zero-order valence-electron chi connectivity index (χ0n) is 8.00. The van der Waals surface area contributed by atoms with E-state index in [4.69, 9.17) is 10.8 Å². The Morgan fingerprint density at radius 2 is 2.14 bits per heavy atom. The third-order valence-electron chi connectivity index (χ3n) is 2.08. The Hall–Kier alpha value is -1.13. The Morgan fingerprint density at radius 1 is 1.50 bits per heavy atom. The minimum Gasteiger partial charge on any atom is -0.505 e. The average molecular weight is 199 g/mol. The second-order valence-corrected chi connectivity index (χ2v) is 3.30. The number of hydrogen-bond donors (Lipinski definition) is 3. The van der Waals surface area contributed by atoms with E-state index in [1.54, 1.807) is 13.0 Å². The molecule has 0 saturated carbocycles. The van der Waals surface area contributed by atoms with Crippen molar-refractivity contribution in [3.8, 4) is 5.75 Å². The van der Waals surface area contributed by atoms with Gasteiger partial charge in [-0.05, 0) is 25.0 Å². The van der Waals surface area contributed by atoms with E-state index in [9.17, 15) is 9.50 Å². The second-order valence-electron chi connectivity index (χ2n) is 3.30. The summed E-state index contributed by atoms with van der Waals surface area (Å²) in [4.78, 5) is 0. The Balaban J connectivity index is 3.07. The number of phenolic OH excluding ortho intramolecular Hbond substituents is 1. The summed E-state index contributed by atoms with van der Waals surface area (Å²) in [7, 11) is 0. The zero-order chi connectivity index (χ0) is 10.7. The summed E-state index contributed by atoms with van der Waals surface area (Å²) in [6.45, 7) is 1.63. The Kier molecular flexibility index (Phi) is 3.43. The number of benzene rings is 1. The van der Waals surface area contributed by atoms with Crippen LogP contribution in [0.5, 0.6) is 5.75 Å². The third kappa shape index (κ3) is 2.21. The van der Waals surface area contributed by atoms with Crippen molar-refractivity contribution in [3.63, 3.8) is 0 Å². The number of phenols is 1. The topological polar surface area (TPSA) is 66.5 Å². The normalized spacial score (nSPS) is 12.9. The van der Waals surface area contributed by atoms with Crippen LogP contribution in [0.2, 0.25) is 0 Å². The molecule has 0 heterocycles. The number of aryl methyl sites for hydroxylation is 1. The number of rotatable bonds is 3. The van der Waals surface area contributed by atoms with Crippen molar-refractivity contribution in [1.82, 2.24) is 0 Å². The molecular weight excluding hydrogens is 185 g/mol. The van der Waals surface area contributed by atoms with Gasteiger partial charge >= 0.3 is 0 Å². The highest BCUT2D eigenvalue weighted by Crippen LogP contribution is 2.28. The SMILES string of the molecule is Cc1cc(F)c(O)c([C@H](N)CCO)c1. The van der Waals surface area contributed by atoms with E-state index in [-0.39, 0.29) is 6.61 Å². The summed E-state index contributed by atoms with van der Waals surface area (Å²) >= 11 is 0. The number of halogens is 1. The fraction of sp³-hybridized carbons (Fsp3) is 0.400. The van der Waals surface area contributed by atoms with Crippen molar-refractivity contribution in [2.45, 2.75) is 19.4 Å². The van der Waals surface area contributed by atoms with Crippen molar-refractivity contribution in [3.05, 3.63) is 29.1 Å². The summed E-state index contributed by atoms with van der Waals surface area (Å²) in [5.41, 5.74) is 6.70. The number of aliphatic hydroxyl groups is 1. The van der Waals surface area contributed by atoms with Crippen molar-refractivity contribution < 1.29 is 14.6 Å². The minimum atomic E-state index is -0.673. The van der Waals surface area contributed by atoms with Gasteiger partial charge in [0.1, 0.15) is 0 Å². The van der Waals surface area contributed by atoms with Crippen LogP contribution in [0.3, 0.4) is 0 Å². The first-order valence-electron chi connectivity index (χ1n) is 4.41. The lowest BCUT2D eigenvalue weighted by atomic mass is 10.0. The van der Waals surface area contributed by atoms with Gasteiger partial charge in [-0.2, -0.15) is 0 Å². The molecule has 1 rings (SSSR count). The van der Waals surface area contributed by atoms with E-state index in [2.05, 4.69) is 0 Å². The molecule has 1 atom stereocenters. The predicted molar refractivity (Wildman–Crippen MR) is 51.4 cm³/mol. The van der Waals surface area contributed by atoms with Crippen LogP contribution in [0.15, 0.2) is 12.1 Å². The molecule has 1 aromatic rings. The molecule has 0 aliphatic heterocycles. The van der Waals surface area contributed by atoms with Gasteiger partial charge in [0.25, 0.3) is 0 Å². The predicted octanol–water partition coefficient (Wildman–Crippen LogP) is 1.22. The van der Waals surface area contributed by atoms with Gasteiger partial charge in [0.2, 0.25) is 0 Å². The molecule has 4 N–H and O–H groups in total. The van der Waals surface area contributed by atoms with Crippen LogP contribution >= 0.6 is 0 Å². The molecular formula is C10H14FNO2. The molecule has 0 saturated heterocycles. The van der Waals surface area contributed by atoms with Crippen LogP contribution in [0, 0.1) is 12.7 Å². The summed E-state index contributed by atoms with van der Waals surface area (Å²) in [5, 5.41) is 18.1. The van der Waals surface area contributed by atoms with Crippen molar-refractivity contribution in [1.29, 1.82) is 0 Å². The molecule has 0 aliphatic rings. The number of aromatic hydroxyl groups is 1. The molecule has 0 spiro atoms. The molecule has 0 unspecified atom stereocenters. The van der Waals surface area contributed by atoms with Crippen LogP contribution in [-0.2, 0) is 0 Å². The molecule has 3 nitrogen and oxygen atoms in total. The number of aliphatic hydroxyl groups excluding tert-OH is 1. The van der Waals surface area contributed by atoms with Crippen LogP contribution in [0.1, 0.15) is 23.6 Å². The lowest BCUT2D eigenvalue weighted by Gasteiger charge is -2.13. The Morgan fingerprint density at radius 3 is 2.71 bits per heavy atom. The van der Waals surface area contributed by atoms with Gasteiger partial charge in [0.15, 0.2) is 11.6 Å². The largest absolute Gasteiger partial charge is 0.505 e. The second kappa shape index (κ2) is 4.39. The van der Waals surface area contributed by atoms with Gasteiger partial charge < -0.3 is 15.9 Å². The Bertz CT molecular complexity index is 328. The molecule has 0 aromatic heterocycles. The minimum absolute atomic E-state index is 0.0871. The Labute approximate surface area is 82.0 Å². The maximum absolute atomic E-state index is 13.1. The molecule has 0 fully saturated rings. The summed E-state index contributed by atoms with van der Waals surface area (Å²) in [6, 6.07) is 2.33. The molecule has 0 bridgehead atoms. The van der Waals surface area contributed by atoms with E-state index in [0.29, 0.717) is 17.5 Å². The fourth-order valence-electron chi connectivity index (χ4n) is 1.34. The summed E-state index contributed by atoms with van der Waals surface area (Å²) < 4.78 is 13.1. The van der Waals surface area contributed by atoms with Gasteiger partial charge in [-0.1, -0.05) is 6.07 Å². The van der Waals surface area contributed by atoms with Crippen molar-refractivity contribution >= 4 is 0 Å². The quantitative estimate of drug-likeness (QED) is 0.685. The van der Waals surface area contributed by atoms with Gasteiger partial charge in [0, 0.05) is 18.2 Å². The molecule has 0 radical (unpaired) electrons. The molecule has 78 valence electrons. The van der Waals surface area contributed by atoms with Gasteiger partial charge in [-0.3, -0.25) is 0 Å². The smallest absolute Gasteiger partial charge is 0.165 e. The molecule has 0 aliphatic carbocycles. The highest BCUT2D eigenvalue weighted by Gasteiger charge is 2.14. The van der Waals surface area contributed by atoms with Gasteiger partial charge in [-0.25, -0.2) is 4.39 Å². The standard InChI is InChI=1S/C10H14FNO2/c1-6-4-7(9(12)2-3-13)10(14)8(11)5-6/h4-5,9,13-14H,2-3,12H2,1H3/t9-/m1/s1. The summed E-state index contributed by atoms with van der Waals surface area (Å²) in [6.07, 6.45) is 0.302. The maximum atomic E-state index is 13.1. The maximum Gasteiger partial charge on any atom is 0.165 e. The van der Waals surface area contributed by atoms with Crippen LogP contribution < -0.4 is 5.73 Å².